The van der Waals surface area contributed by atoms with Crippen LogP contribution in [0.5, 0.6) is 5.75 Å². The average molecular weight is 367 g/mol. The Bertz CT molecular complexity index is 1030. The third-order valence-corrected chi connectivity index (χ3v) is 5.09. The maximum absolute atomic E-state index is 12.7. The molecule has 1 aliphatic heterocycles. The van der Waals surface area contributed by atoms with E-state index in [0.29, 0.717) is 12.2 Å². The van der Waals surface area contributed by atoms with Gasteiger partial charge in [0.2, 0.25) is 0 Å². The lowest BCUT2D eigenvalue weighted by molar-refractivity contribution is 0.413. The summed E-state index contributed by atoms with van der Waals surface area (Å²) in [6, 6.07) is 11.6. The molecule has 3 N–H and O–H groups in total. The van der Waals surface area contributed by atoms with Crippen LogP contribution in [0.25, 0.3) is 5.65 Å². The number of H-pyrrole nitrogens is 1. The lowest BCUT2D eigenvalue weighted by Gasteiger charge is -2.19. The summed E-state index contributed by atoms with van der Waals surface area (Å²) in [7, 11) is 1.66. The molecule has 4 rings (SSSR count). The molecule has 1 aromatic carbocycles. The molecule has 7 nitrogen and oxygen atoms in total. The molecule has 3 aromatic rings. The summed E-state index contributed by atoms with van der Waals surface area (Å²) in [6.07, 6.45) is 0. The van der Waals surface area contributed by atoms with E-state index in [-0.39, 0.29) is 22.9 Å². The van der Waals surface area contributed by atoms with Crippen molar-refractivity contribution in [3.63, 3.8) is 0 Å². The highest BCUT2D eigenvalue weighted by atomic mass is 16.5. The van der Waals surface area contributed by atoms with Gasteiger partial charge in [-0.15, -0.1) is 0 Å². The highest BCUT2D eigenvalue weighted by Crippen LogP contribution is 2.33. The molecule has 3 heterocycles. The van der Waals surface area contributed by atoms with E-state index in [9.17, 15) is 4.79 Å². The van der Waals surface area contributed by atoms with Crippen LogP contribution in [0.2, 0.25) is 0 Å². The molecule has 27 heavy (non-hydrogen) atoms. The first kappa shape index (κ1) is 17.8. The molecule has 0 bridgehead atoms. The van der Waals surface area contributed by atoms with Gasteiger partial charge in [0.15, 0.2) is 5.65 Å². The number of benzene rings is 1. The second-order valence-electron chi connectivity index (χ2n) is 8.02. The van der Waals surface area contributed by atoms with Crippen molar-refractivity contribution >= 4 is 5.65 Å². The topological polar surface area (TPSA) is 83.5 Å². The first-order valence-corrected chi connectivity index (χ1v) is 9.12. The summed E-state index contributed by atoms with van der Waals surface area (Å²) >= 11 is 0. The second-order valence-corrected chi connectivity index (χ2v) is 8.02. The van der Waals surface area contributed by atoms with Gasteiger partial charge in [0, 0.05) is 35.7 Å². The van der Waals surface area contributed by atoms with E-state index < -0.39 is 0 Å². The molecule has 1 saturated heterocycles. The SMILES string of the molecule is COc1cccc(C2NNCC2c2cc(=O)n3[nH]c(C(C)(C)C)cc3n2)c1. The third-order valence-electron chi connectivity index (χ3n) is 5.09. The number of rotatable bonds is 3. The van der Waals surface area contributed by atoms with Crippen molar-refractivity contribution in [2.45, 2.75) is 38.1 Å². The number of aromatic amines is 1. The number of fused-ring (bicyclic) bond motifs is 1. The van der Waals surface area contributed by atoms with Gasteiger partial charge in [0.05, 0.1) is 18.8 Å². The summed E-state index contributed by atoms with van der Waals surface area (Å²) in [6.45, 7) is 7.01. The predicted molar refractivity (Wildman–Crippen MR) is 104 cm³/mol. The molecule has 2 atom stereocenters. The summed E-state index contributed by atoms with van der Waals surface area (Å²) < 4.78 is 6.86. The third kappa shape index (κ3) is 3.24. The first-order valence-electron chi connectivity index (χ1n) is 9.12. The number of hydrogen-bond donors (Lipinski definition) is 3. The molecule has 142 valence electrons. The highest BCUT2D eigenvalue weighted by Gasteiger charge is 2.32. The fourth-order valence-electron chi connectivity index (χ4n) is 3.51. The van der Waals surface area contributed by atoms with Crippen molar-refractivity contribution in [1.82, 2.24) is 25.4 Å². The van der Waals surface area contributed by atoms with Crippen LogP contribution in [0.3, 0.4) is 0 Å². The number of ether oxygens (including phenoxy) is 1. The Morgan fingerprint density at radius 3 is 2.78 bits per heavy atom. The lowest BCUT2D eigenvalue weighted by Crippen LogP contribution is -2.25. The van der Waals surface area contributed by atoms with E-state index >= 15 is 0 Å². The zero-order valence-electron chi connectivity index (χ0n) is 16.0. The molecule has 0 saturated carbocycles. The number of hydrogen-bond acceptors (Lipinski definition) is 5. The molecule has 7 heteroatoms. The maximum Gasteiger partial charge on any atom is 0.272 e. The Morgan fingerprint density at radius 2 is 2.04 bits per heavy atom. The zero-order chi connectivity index (χ0) is 19.2. The molecular formula is C20H25N5O2. The molecule has 1 aliphatic rings. The smallest absolute Gasteiger partial charge is 0.272 e. The molecular weight excluding hydrogens is 342 g/mol. The average Bonchev–Trinajstić information content (AvgIpc) is 3.28. The van der Waals surface area contributed by atoms with E-state index in [1.54, 1.807) is 13.2 Å². The monoisotopic (exact) mass is 367 g/mol. The van der Waals surface area contributed by atoms with Crippen LogP contribution in [-0.4, -0.2) is 28.3 Å². The minimum Gasteiger partial charge on any atom is -0.497 e. The first-order chi connectivity index (χ1) is 12.9. The van der Waals surface area contributed by atoms with Crippen molar-refractivity contribution in [2.75, 3.05) is 13.7 Å². The van der Waals surface area contributed by atoms with Gasteiger partial charge in [0.25, 0.3) is 5.56 Å². The Labute approximate surface area is 157 Å². The molecule has 0 aliphatic carbocycles. The van der Waals surface area contributed by atoms with Crippen molar-refractivity contribution in [3.8, 4) is 5.75 Å². The van der Waals surface area contributed by atoms with Crippen LogP contribution in [0.15, 0.2) is 41.2 Å². The Kier molecular flexibility index (Phi) is 4.28. The Morgan fingerprint density at radius 1 is 1.22 bits per heavy atom. The van der Waals surface area contributed by atoms with Gasteiger partial charge in [-0.3, -0.25) is 15.3 Å². The van der Waals surface area contributed by atoms with Crippen LogP contribution in [0.1, 0.15) is 49.7 Å². The number of nitrogens with one attached hydrogen (secondary N) is 3. The van der Waals surface area contributed by atoms with Gasteiger partial charge >= 0.3 is 0 Å². The summed E-state index contributed by atoms with van der Waals surface area (Å²) in [4.78, 5) is 17.5. The minimum atomic E-state index is -0.0956. The number of nitrogens with zero attached hydrogens (tertiary/aromatic N) is 2. The van der Waals surface area contributed by atoms with Gasteiger partial charge in [-0.05, 0) is 17.7 Å². The molecule has 0 spiro atoms. The second kappa shape index (κ2) is 6.51. The standard InChI is InChI=1S/C20H25N5O2/c1-20(2,3)16-10-17-22-15(9-18(26)25(17)24-16)14-11-21-23-19(14)12-6-5-7-13(8-12)27-4/h5-10,14,19,21,23-24H,11H2,1-4H3. The minimum absolute atomic E-state index is 0.00970. The Hall–Kier alpha value is -2.64. The van der Waals surface area contributed by atoms with Crippen molar-refractivity contribution in [1.29, 1.82) is 0 Å². The summed E-state index contributed by atoms with van der Waals surface area (Å²) in [5, 5.41) is 3.17. The lowest BCUT2D eigenvalue weighted by atomic mass is 9.91. The van der Waals surface area contributed by atoms with Crippen LogP contribution in [0, 0.1) is 0 Å². The van der Waals surface area contributed by atoms with Crippen LogP contribution < -0.4 is 21.1 Å². The van der Waals surface area contributed by atoms with Crippen LogP contribution >= 0.6 is 0 Å². The summed E-state index contributed by atoms with van der Waals surface area (Å²) in [5.74, 6) is 0.853. The number of aromatic nitrogens is 3. The van der Waals surface area contributed by atoms with E-state index in [0.717, 1.165) is 22.7 Å². The van der Waals surface area contributed by atoms with Gasteiger partial charge in [0.1, 0.15) is 5.75 Å². The van der Waals surface area contributed by atoms with Gasteiger partial charge in [-0.1, -0.05) is 32.9 Å². The molecule has 2 aromatic heterocycles. The highest BCUT2D eigenvalue weighted by molar-refractivity contribution is 5.43. The van der Waals surface area contributed by atoms with Crippen LogP contribution in [-0.2, 0) is 5.41 Å². The molecule has 0 radical (unpaired) electrons. The van der Waals surface area contributed by atoms with Crippen molar-refractivity contribution < 1.29 is 4.74 Å². The Balaban J connectivity index is 1.75. The van der Waals surface area contributed by atoms with E-state index in [1.165, 1.54) is 4.52 Å². The van der Waals surface area contributed by atoms with E-state index in [1.807, 2.05) is 24.3 Å². The fourth-order valence-corrected chi connectivity index (χ4v) is 3.51. The van der Waals surface area contributed by atoms with E-state index in [2.05, 4.69) is 42.8 Å². The van der Waals surface area contributed by atoms with Gasteiger partial charge in [-0.2, -0.15) is 0 Å². The number of methoxy groups -OCH3 is 1. The summed E-state index contributed by atoms with van der Waals surface area (Å²) in [5.41, 5.74) is 9.84. The van der Waals surface area contributed by atoms with Crippen molar-refractivity contribution in [2.24, 2.45) is 0 Å². The largest absolute Gasteiger partial charge is 0.497 e. The molecule has 1 fully saturated rings. The molecule has 0 amide bonds. The van der Waals surface area contributed by atoms with Gasteiger partial charge < -0.3 is 4.74 Å². The van der Waals surface area contributed by atoms with Gasteiger partial charge in [-0.25, -0.2) is 14.9 Å². The van der Waals surface area contributed by atoms with Crippen LogP contribution in [0.4, 0.5) is 0 Å². The fraction of sp³-hybridized carbons (Fsp3) is 0.400. The predicted octanol–water partition coefficient (Wildman–Crippen LogP) is 2.26. The normalized spacial score (nSPS) is 20.3. The molecule has 2 unspecified atom stereocenters. The number of hydrazine groups is 1. The zero-order valence-corrected chi connectivity index (χ0v) is 16.0. The van der Waals surface area contributed by atoms with E-state index in [4.69, 9.17) is 9.72 Å². The maximum atomic E-state index is 12.7. The van der Waals surface area contributed by atoms with Crippen molar-refractivity contribution in [3.05, 3.63) is 63.7 Å². The quantitative estimate of drug-likeness (QED) is 0.661.